The van der Waals surface area contributed by atoms with Crippen LogP contribution in [0.2, 0.25) is 5.02 Å². The van der Waals surface area contributed by atoms with E-state index in [1.54, 1.807) is 13.1 Å². The predicted molar refractivity (Wildman–Crippen MR) is 104 cm³/mol. The van der Waals surface area contributed by atoms with Crippen LogP contribution in [0, 0.1) is 0 Å². The summed E-state index contributed by atoms with van der Waals surface area (Å²) in [5, 5.41) is 6.98. The second kappa shape index (κ2) is 10.5. The number of rotatable bonds is 9. The fourth-order valence-electron chi connectivity index (χ4n) is 2.09. The Morgan fingerprint density at radius 1 is 1.36 bits per heavy atom. The van der Waals surface area contributed by atoms with Gasteiger partial charge in [0.05, 0.1) is 17.3 Å². The topological polar surface area (TPSA) is 79.8 Å². The molecule has 0 aliphatic carbocycles. The third-order valence-corrected chi connectivity index (χ3v) is 4.90. The molecule has 0 aromatic heterocycles. The van der Waals surface area contributed by atoms with Crippen molar-refractivity contribution in [3.63, 3.8) is 0 Å². The van der Waals surface area contributed by atoms with Gasteiger partial charge in [-0.3, -0.25) is 4.99 Å². The SMILES string of the molecule is CCC(CNC(=NC)NC(C)CCS(C)(=O)=O)Oc1ccccc1Cl. The highest BCUT2D eigenvalue weighted by molar-refractivity contribution is 7.90. The standard InChI is InChI=1S/C17H28ClN3O3S/c1-5-14(24-16-9-7-6-8-15(16)18)12-20-17(19-3)21-13(2)10-11-25(4,22)23/h6-9,13-14H,5,10-12H2,1-4H3,(H2,19,20,21). The molecule has 1 aromatic rings. The molecule has 2 N–H and O–H groups in total. The third-order valence-electron chi connectivity index (χ3n) is 3.61. The van der Waals surface area contributed by atoms with Gasteiger partial charge >= 0.3 is 0 Å². The van der Waals surface area contributed by atoms with E-state index in [1.807, 2.05) is 32.0 Å². The van der Waals surface area contributed by atoms with E-state index in [1.165, 1.54) is 6.26 Å². The molecule has 0 heterocycles. The van der Waals surface area contributed by atoms with E-state index in [-0.39, 0.29) is 17.9 Å². The van der Waals surface area contributed by atoms with E-state index in [4.69, 9.17) is 16.3 Å². The molecule has 0 amide bonds. The molecule has 0 fully saturated rings. The maximum atomic E-state index is 11.2. The second-order valence-electron chi connectivity index (χ2n) is 6.00. The van der Waals surface area contributed by atoms with Crippen LogP contribution >= 0.6 is 11.6 Å². The van der Waals surface area contributed by atoms with E-state index >= 15 is 0 Å². The van der Waals surface area contributed by atoms with Crippen LogP contribution in [0.15, 0.2) is 29.3 Å². The van der Waals surface area contributed by atoms with Crippen LogP contribution in [0.25, 0.3) is 0 Å². The van der Waals surface area contributed by atoms with Gasteiger partial charge in [-0.1, -0.05) is 30.7 Å². The van der Waals surface area contributed by atoms with E-state index in [0.29, 0.717) is 29.7 Å². The Bertz CT molecular complexity index is 665. The summed E-state index contributed by atoms with van der Waals surface area (Å²) in [5.74, 6) is 1.41. The number of hydrogen-bond acceptors (Lipinski definition) is 4. The predicted octanol–water partition coefficient (Wildman–Crippen LogP) is 2.49. The van der Waals surface area contributed by atoms with Gasteiger partial charge in [-0.15, -0.1) is 0 Å². The van der Waals surface area contributed by atoms with Gasteiger partial charge in [0.15, 0.2) is 5.96 Å². The fraction of sp³-hybridized carbons (Fsp3) is 0.588. The Morgan fingerprint density at radius 3 is 2.60 bits per heavy atom. The number of sulfone groups is 1. The number of para-hydroxylation sites is 1. The van der Waals surface area contributed by atoms with Crippen LogP contribution in [-0.4, -0.2) is 52.1 Å². The van der Waals surface area contributed by atoms with Crippen LogP contribution in [0.5, 0.6) is 5.75 Å². The lowest BCUT2D eigenvalue weighted by molar-refractivity contribution is 0.199. The number of aliphatic imine (C=N–C) groups is 1. The fourth-order valence-corrected chi connectivity index (χ4v) is 3.05. The van der Waals surface area contributed by atoms with E-state index in [9.17, 15) is 8.42 Å². The zero-order chi connectivity index (χ0) is 18.9. The first-order chi connectivity index (χ1) is 11.7. The smallest absolute Gasteiger partial charge is 0.191 e. The highest BCUT2D eigenvalue weighted by atomic mass is 35.5. The summed E-state index contributed by atoms with van der Waals surface area (Å²) >= 11 is 6.13. The van der Waals surface area contributed by atoms with Gasteiger partial charge in [0, 0.05) is 19.3 Å². The van der Waals surface area contributed by atoms with Gasteiger partial charge in [0.1, 0.15) is 21.7 Å². The van der Waals surface area contributed by atoms with E-state index in [2.05, 4.69) is 15.6 Å². The molecule has 2 unspecified atom stereocenters. The molecule has 1 rings (SSSR count). The summed E-state index contributed by atoms with van der Waals surface area (Å²) in [6.07, 6.45) is 2.50. The average molecular weight is 390 g/mol. The van der Waals surface area contributed by atoms with Gasteiger partial charge in [0.2, 0.25) is 0 Å². The molecule has 1 aromatic carbocycles. The van der Waals surface area contributed by atoms with Crippen molar-refractivity contribution in [2.45, 2.75) is 38.8 Å². The van der Waals surface area contributed by atoms with Gasteiger partial charge < -0.3 is 15.4 Å². The highest BCUT2D eigenvalue weighted by Gasteiger charge is 2.13. The lowest BCUT2D eigenvalue weighted by Gasteiger charge is -2.22. The first kappa shape index (κ1) is 21.6. The zero-order valence-electron chi connectivity index (χ0n) is 15.3. The minimum atomic E-state index is -2.96. The minimum Gasteiger partial charge on any atom is -0.487 e. The van der Waals surface area contributed by atoms with Crippen LogP contribution in [0.1, 0.15) is 26.7 Å². The third kappa shape index (κ3) is 8.97. The molecule has 25 heavy (non-hydrogen) atoms. The number of halogens is 1. The highest BCUT2D eigenvalue weighted by Crippen LogP contribution is 2.24. The number of benzene rings is 1. The van der Waals surface area contributed by atoms with Crippen molar-refractivity contribution >= 4 is 27.4 Å². The molecule has 0 aliphatic heterocycles. The second-order valence-corrected chi connectivity index (χ2v) is 8.66. The zero-order valence-corrected chi connectivity index (χ0v) is 16.8. The Balaban J connectivity index is 2.50. The lowest BCUT2D eigenvalue weighted by atomic mass is 10.2. The van der Waals surface area contributed by atoms with Crippen LogP contribution in [-0.2, 0) is 9.84 Å². The Morgan fingerprint density at radius 2 is 2.04 bits per heavy atom. The van der Waals surface area contributed by atoms with E-state index < -0.39 is 9.84 Å². The van der Waals surface area contributed by atoms with Crippen LogP contribution in [0.4, 0.5) is 0 Å². The van der Waals surface area contributed by atoms with Gasteiger partial charge in [-0.25, -0.2) is 8.42 Å². The first-order valence-corrected chi connectivity index (χ1v) is 10.7. The van der Waals surface area contributed by atoms with Crippen molar-refractivity contribution in [3.05, 3.63) is 29.3 Å². The Hall–Kier alpha value is -1.47. The van der Waals surface area contributed by atoms with Crippen molar-refractivity contribution in [2.24, 2.45) is 4.99 Å². The van der Waals surface area contributed by atoms with Crippen molar-refractivity contribution in [2.75, 3.05) is 25.6 Å². The number of nitrogens with zero attached hydrogens (tertiary/aromatic N) is 1. The largest absolute Gasteiger partial charge is 0.487 e. The van der Waals surface area contributed by atoms with Crippen LogP contribution in [0.3, 0.4) is 0 Å². The molecule has 6 nitrogen and oxygen atoms in total. The molecule has 0 saturated carbocycles. The molecule has 0 saturated heterocycles. The molecule has 0 spiro atoms. The molecule has 2 atom stereocenters. The summed E-state index contributed by atoms with van der Waals surface area (Å²) in [5.41, 5.74) is 0. The van der Waals surface area contributed by atoms with Crippen molar-refractivity contribution in [3.8, 4) is 5.75 Å². The van der Waals surface area contributed by atoms with Gasteiger partial charge in [0.25, 0.3) is 0 Å². The molecule has 0 radical (unpaired) electrons. The number of ether oxygens (including phenoxy) is 1. The number of nitrogens with one attached hydrogen (secondary N) is 2. The normalized spacial score (nSPS) is 14.7. The van der Waals surface area contributed by atoms with Crippen molar-refractivity contribution < 1.29 is 13.2 Å². The summed E-state index contributed by atoms with van der Waals surface area (Å²) in [4.78, 5) is 4.17. The monoisotopic (exact) mass is 389 g/mol. The summed E-state index contributed by atoms with van der Waals surface area (Å²) in [7, 11) is -1.29. The Labute approximate surface area is 155 Å². The molecule has 142 valence electrons. The Kier molecular flexibility index (Phi) is 9.06. The first-order valence-electron chi connectivity index (χ1n) is 8.31. The average Bonchev–Trinajstić information content (AvgIpc) is 2.56. The molecular formula is C17H28ClN3O3S. The maximum Gasteiger partial charge on any atom is 0.191 e. The number of hydrogen-bond donors (Lipinski definition) is 2. The van der Waals surface area contributed by atoms with Gasteiger partial charge in [-0.2, -0.15) is 0 Å². The quantitative estimate of drug-likeness (QED) is 0.501. The lowest BCUT2D eigenvalue weighted by Crippen LogP contribution is -2.46. The van der Waals surface area contributed by atoms with Crippen LogP contribution < -0.4 is 15.4 Å². The number of guanidine groups is 1. The maximum absolute atomic E-state index is 11.2. The molecular weight excluding hydrogens is 362 g/mol. The minimum absolute atomic E-state index is 0.00881. The van der Waals surface area contributed by atoms with Crippen molar-refractivity contribution in [1.82, 2.24) is 10.6 Å². The van der Waals surface area contributed by atoms with Gasteiger partial charge in [-0.05, 0) is 31.9 Å². The van der Waals surface area contributed by atoms with Crippen molar-refractivity contribution in [1.29, 1.82) is 0 Å². The molecule has 8 heteroatoms. The summed E-state index contributed by atoms with van der Waals surface area (Å²) in [6, 6.07) is 7.36. The van der Waals surface area contributed by atoms with E-state index in [0.717, 1.165) is 6.42 Å². The molecule has 0 bridgehead atoms. The summed E-state index contributed by atoms with van der Waals surface area (Å²) in [6.45, 7) is 4.52. The summed E-state index contributed by atoms with van der Waals surface area (Å²) < 4.78 is 28.4. The molecule has 0 aliphatic rings.